The lowest BCUT2D eigenvalue weighted by Crippen LogP contribution is -2.31. The summed E-state index contributed by atoms with van der Waals surface area (Å²) in [4.78, 5) is 49.9. The van der Waals surface area contributed by atoms with Crippen molar-refractivity contribution in [3.63, 3.8) is 0 Å². The first kappa shape index (κ1) is 62.1. The lowest BCUT2D eigenvalue weighted by Gasteiger charge is -2.07. The normalized spacial score (nSPS) is 11.5. The van der Waals surface area contributed by atoms with Crippen molar-refractivity contribution in [2.24, 2.45) is 5.73 Å². The van der Waals surface area contributed by atoms with E-state index in [4.69, 9.17) is 16.9 Å². The molecule has 11 rings (SSSR count). The van der Waals surface area contributed by atoms with Gasteiger partial charge in [-0.05, 0) is 54.6 Å². The number of carbonyl (C=O) groups excluding carboxylic acids is 2. The number of rotatable bonds is 11. The topological polar surface area (TPSA) is 309 Å². The number of nitrogens with one attached hydrogen (secondary N) is 2. The number of nitrogen functional groups attached to an aromatic ring is 1. The Morgan fingerprint density at radius 3 is 1.41 bits per heavy atom. The first-order valence-electron chi connectivity index (χ1n) is 24.5. The van der Waals surface area contributed by atoms with Crippen LogP contribution in [-0.4, -0.2) is 112 Å². The van der Waals surface area contributed by atoms with Gasteiger partial charge in [0.1, 0.15) is 34.5 Å². The number of alkyl halides is 9. The van der Waals surface area contributed by atoms with Crippen molar-refractivity contribution < 1.29 is 67.0 Å². The predicted molar refractivity (Wildman–Crippen MR) is 283 cm³/mol. The molecule has 22 nitrogen and oxygen atoms in total. The Balaban J connectivity index is 0.000000158. The number of halogens is 12. The van der Waals surface area contributed by atoms with Crippen molar-refractivity contribution in [1.82, 2.24) is 74.7 Å². The summed E-state index contributed by atoms with van der Waals surface area (Å²) in [5, 5.41) is 35.6. The lowest BCUT2D eigenvalue weighted by atomic mass is 10.2. The van der Waals surface area contributed by atoms with E-state index in [2.05, 4.69) is 65.3 Å². The van der Waals surface area contributed by atoms with E-state index in [-0.39, 0.29) is 60.7 Å². The molecule has 87 heavy (non-hydrogen) atoms. The number of aromatic amines is 1. The van der Waals surface area contributed by atoms with E-state index >= 15 is 0 Å². The number of Topliss-reactive ketones (excluding diaryl/α,β-unsaturated/α-hetero) is 1. The quantitative estimate of drug-likeness (QED) is 0.0411. The summed E-state index contributed by atoms with van der Waals surface area (Å²) in [6, 6.07) is 28.9. The molecular weight excluding hydrogens is 1180 g/mol. The summed E-state index contributed by atoms with van der Waals surface area (Å²) in [6.45, 7) is 0.445. The number of nitrogens with zero attached hydrogens (tertiary/aromatic N) is 14. The van der Waals surface area contributed by atoms with Crippen molar-refractivity contribution in [3.8, 4) is 23.0 Å². The molecule has 8 aromatic heterocycles. The maximum Gasteiger partial charge on any atom is 0.461 e. The van der Waals surface area contributed by atoms with Crippen molar-refractivity contribution in [2.75, 3.05) is 19.4 Å². The van der Waals surface area contributed by atoms with Crippen LogP contribution in [0.5, 0.6) is 0 Å². The average Bonchev–Trinajstić information content (AvgIpc) is 1.89. The average molecular weight is 1220 g/mol. The Kier molecular flexibility index (Phi) is 18.5. The second-order valence-electron chi connectivity index (χ2n) is 17.6. The number of aromatic nitrogens is 15. The molecule has 0 saturated heterocycles. The molecule has 0 bridgehead atoms. The number of carbonyl (C=O) groups is 2. The molecule has 8 heterocycles. The van der Waals surface area contributed by atoms with E-state index < -0.39 is 64.7 Å². The monoisotopic (exact) mass is 1220 g/mol. The van der Waals surface area contributed by atoms with E-state index in [1.54, 1.807) is 95.8 Å². The zero-order chi connectivity index (χ0) is 63.0. The maximum absolute atomic E-state index is 14.0. The fourth-order valence-electron chi connectivity index (χ4n) is 7.86. The van der Waals surface area contributed by atoms with E-state index in [1.807, 2.05) is 6.07 Å². The minimum Gasteiger partial charge on any atom is -0.463 e. The summed E-state index contributed by atoms with van der Waals surface area (Å²) in [7, 11) is 0.700. The highest BCUT2D eigenvalue weighted by atomic mass is 19.4. The van der Waals surface area contributed by atoms with Crippen molar-refractivity contribution in [2.45, 2.75) is 38.2 Å². The molecule has 0 amide bonds. The highest BCUT2D eigenvalue weighted by molar-refractivity contribution is 6.35. The lowest BCUT2D eigenvalue weighted by molar-refractivity contribution is -0.182. The largest absolute Gasteiger partial charge is 0.463 e. The summed E-state index contributed by atoms with van der Waals surface area (Å²) in [5.41, 5.74) is 10.0. The molecule has 0 saturated carbocycles. The van der Waals surface area contributed by atoms with Gasteiger partial charge in [0.2, 0.25) is 17.2 Å². The molecular formula is C53H38F12N18O4. The van der Waals surface area contributed by atoms with Gasteiger partial charge in [0, 0.05) is 47.2 Å². The Morgan fingerprint density at radius 2 is 1.00 bits per heavy atom. The second kappa shape index (κ2) is 25.9. The highest BCUT2D eigenvalue weighted by Gasteiger charge is 2.44. The molecule has 0 aliphatic rings. The summed E-state index contributed by atoms with van der Waals surface area (Å²) < 4.78 is 160. The number of hydrogen-bond donors (Lipinski definition) is 4. The van der Waals surface area contributed by atoms with Crippen LogP contribution < -0.4 is 17.0 Å². The molecule has 0 spiro atoms. The van der Waals surface area contributed by atoms with Crippen LogP contribution in [-0.2, 0) is 46.3 Å². The number of pyridine rings is 3. The standard InChI is InChI=1S/C17H11F4N7.C17H10F4N6O.C15H14FN5.C4H3F3O3/c18-11-6-2-1-4-9(11)8-28-16-10(5-3-7-23-16)12(27-28)15-24-14(22)13(25-26-15)17(19,20)21;18-11-6-2-1-4-9(11)8-27-15-10(5-3-7-22-15)12(26-27)14-23-16(28)13(24-25-14)17(19,20)21;16-12-6-2-1-4-10(12)9-21-15-11(5-3-7-19-15)14(20-21)13(18)8-17;1-10-3(9)2(8)4(5,6)7/h1-7H,8H2,(H2,22,24,26);1-7H,8H2,(H,23,25,28);1-7,18H,8-9,17H2;1H3. The zero-order valence-electron chi connectivity index (χ0n) is 44.0. The fraction of sp³-hybridized carbons (Fsp3) is 0.151. The molecule has 448 valence electrons. The van der Waals surface area contributed by atoms with Gasteiger partial charge in [-0.3, -0.25) is 9.59 Å². The number of benzene rings is 3. The second-order valence-corrected chi connectivity index (χ2v) is 17.6. The molecule has 11 aromatic rings. The summed E-state index contributed by atoms with van der Waals surface area (Å²) in [6.07, 6.45) is -10.2. The summed E-state index contributed by atoms with van der Waals surface area (Å²) in [5.74, 6) is -6.76. The van der Waals surface area contributed by atoms with Crippen molar-refractivity contribution in [1.29, 1.82) is 5.41 Å². The number of ether oxygens (including phenoxy) is 1. The van der Waals surface area contributed by atoms with Crippen molar-refractivity contribution >= 4 is 56.4 Å². The molecule has 0 radical (unpaired) electrons. The van der Waals surface area contributed by atoms with E-state index in [0.29, 0.717) is 57.2 Å². The minimum absolute atomic E-state index is 0.0263. The van der Waals surface area contributed by atoms with Gasteiger partial charge < -0.3 is 26.6 Å². The Morgan fingerprint density at radius 1 is 0.575 bits per heavy atom. The molecule has 0 fully saturated rings. The molecule has 6 N–H and O–H groups in total. The van der Waals surface area contributed by atoms with Crippen LogP contribution in [0.15, 0.2) is 133 Å². The van der Waals surface area contributed by atoms with E-state index in [9.17, 15) is 67.1 Å². The molecule has 0 aliphatic heterocycles. The van der Waals surface area contributed by atoms with Gasteiger partial charge in [-0.15, -0.1) is 20.4 Å². The third-order valence-corrected chi connectivity index (χ3v) is 11.9. The number of nitrogens with two attached hydrogens (primary N) is 2. The molecule has 34 heteroatoms. The third-order valence-electron chi connectivity index (χ3n) is 11.9. The minimum atomic E-state index is -5.13. The number of anilines is 1. The van der Waals surface area contributed by atoms with E-state index in [0.717, 1.165) is 5.39 Å². The number of esters is 1. The number of H-pyrrole nitrogens is 1. The predicted octanol–water partition coefficient (Wildman–Crippen LogP) is 8.09. The van der Waals surface area contributed by atoms with Gasteiger partial charge in [0.15, 0.2) is 28.6 Å². The zero-order valence-corrected chi connectivity index (χ0v) is 44.0. The maximum atomic E-state index is 14.0. The molecule has 0 aliphatic carbocycles. The van der Waals surface area contributed by atoms with Crippen LogP contribution >= 0.6 is 0 Å². The fourth-order valence-corrected chi connectivity index (χ4v) is 7.86. The Hall–Kier alpha value is -10.9. The van der Waals surface area contributed by atoms with Gasteiger partial charge in [0.25, 0.3) is 5.56 Å². The summed E-state index contributed by atoms with van der Waals surface area (Å²) >= 11 is 0. The Labute approximate surface area is 478 Å². The Bertz CT molecular complexity index is 4390. The smallest absolute Gasteiger partial charge is 0.461 e. The molecule has 0 atom stereocenters. The van der Waals surface area contributed by atoms with Crippen LogP contribution in [0.4, 0.5) is 58.5 Å². The van der Waals surface area contributed by atoms with Gasteiger partial charge >= 0.3 is 30.3 Å². The molecule has 3 aromatic carbocycles. The van der Waals surface area contributed by atoms with Gasteiger partial charge in [0.05, 0.1) is 43.2 Å². The van der Waals surface area contributed by atoms with Gasteiger partial charge in [-0.25, -0.2) is 51.9 Å². The SMILES string of the molecule is COC(=O)C(=O)C(F)(F)F.N=C(CN)c1nn(Cc2ccccc2F)c2ncccc12.Nc1nc(-c2nn(Cc3ccccc3F)c3ncccc23)nnc1C(F)(F)F.O=c1[nH]c(-c2nn(Cc3ccccc3F)c3ncccc23)nnc1C(F)(F)F. The highest BCUT2D eigenvalue weighted by Crippen LogP contribution is 2.33. The van der Waals surface area contributed by atoms with Crippen LogP contribution in [0.2, 0.25) is 0 Å². The first-order valence-corrected chi connectivity index (χ1v) is 24.5. The first-order chi connectivity index (χ1) is 41.3. The van der Waals surface area contributed by atoms with E-state index in [1.165, 1.54) is 40.0 Å². The van der Waals surface area contributed by atoms with Gasteiger partial charge in [-0.1, -0.05) is 54.6 Å². The number of ketones is 1. The van der Waals surface area contributed by atoms with Crippen LogP contribution in [0, 0.1) is 22.9 Å². The van der Waals surface area contributed by atoms with Crippen molar-refractivity contribution in [3.05, 3.63) is 189 Å². The number of fused-ring (bicyclic) bond motifs is 3. The number of methoxy groups -OCH3 is 1. The van der Waals surface area contributed by atoms with Crippen LogP contribution in [0.1, 0.15) is 33.8 Å². The van der Waals surface area contributed by atoms with Crippen LogP contribution in [0.25, 0.3) is 56.1 Å². The van der Waals surface area contributed by atoms with Gasteiger partial charge in [-0.2, -0.15) is 54.8 Å². The third kappa shape index (κ3) is 14.4. The molecule has 0 unspecified atom stereocenters. The van der Waals surface area contributed by atoms with Crippen LogP contribution in [0.3, 0.4) is 0 Å². The number of hydrogen-bond acceptors (Lipinski definition) is 18.